The van der Waals surface area contributed by atoms with Gasteiger partial charge >= 0.3 is 5.97 Å². The molecule has 0 bridgehead atoms. The highest BCUT2D eigenvalue weighted by Gasteiger charge is 2.33. The molecule has 1 heterocycles. The first-order chi connectivity index (χ1) is 9.66. The van der Waals surface area contributed by atoms with Crippen molar-refractivity contribution >= 4 is 38.5 Å². The van der Waals surface area contributed by atoms with Crippen LogP contribution < -0.4 is 5.32 Å². The highest BCUT2D eigenvalue weighted by atomic mass is 79.9. The fourth-order valence-electron chi connectivity index (χ4n) is 2.89. The second-order valence-electron chi connectivity index (χ2n) is 5.12. The monoisotopic (exact) mass is 334 g/mol. The summed E-state index contributed by atoms with van der Waals surface area (Å²) in [5, 5.41) is 14.7. The number of carboxylic acids is 1. The van der Waals surface area contributed by atoms with Gasteiger partial charge in [0.2, 0.25) is 0 Å². The van der Waals surface area contributed by atoms with Crippen molar-refractivity contribution in [3.63, 3.8) is 0 Å². The van der Waals surface area contributed by atoms with Gasteiger partial charge in [-0.15, -0.1) is 0 Å². The summed E-state index contributed by atoms with van der Waals surface area (Å²) in [6.45, 7) is 0. The SMILES string of the molecule is O=C(O)C1CCCC1Nc1nccc2c(Br)cccc12. The van der Waals surface area contributed by atoms with Crippen LogP contribution in [-0.4, -0.2) is 22.1 Å². The van der Waals surface area contributed by atoms with Crippen LogP contribution >= 0.6 is 15.9 Å². The zero-order valence-electron chi connectivity index (χ0n) is 10.8. The molecule has 1 aromatic heterocycles. The number of halogens is 1. The molecule has 1 aromatic carbocycles. The third-order valence-electron chi connectivity index (χ3n) is 3.91. The largest absolute Gasteiger partial charge is 0.481 e. The third kappa shape index (κ3) is 2.38. The number of benzene rings is 1. The fourth-order valence-corrected chi connectivity index (χ4v) is 3.39. The van der Waals surface area contributed by atoms with Crippen LogP contribution in [-0.2, 0) is 4.79 Å². The molecule has 1 aliphatic carbocycles. The Morgan fingerprint density at radius 2 is 2.15 bits per heavy atom. The van der Waals surface area contributed by atoms with E-state index in [0.29, 0.717) is 0 Å². The van der Waals surface area contributed by atoms with Gasteiger partial charge in [0.15, 0.2) is 0 Å². The maximum absolute atomic E-state index is 11.3. The molecule has 4 nitrogen and oxygen atoms in total. The first-order valence-electron chi connectivity index (χ1n) is 6.69. The predicted octanol–water partition coefficient (Wildman–Crippen LogP) is 3.66. The predicted molar refractivity (Wildman–Crippen MR) is 81.8 cm³/mol. The van der Waals surface area contributed by atoms with E-state index in [-0.39, 0.29) is 12.0 Å². The number of rotatable bonds is 3. The van der Waals surface area contributed by atoms with E-state index in [1.165, 1.54) is 0 Å². The number of fused-ring (bicyclic) bond motifs is 1. The Labute approximate surface area is 125 Å². The molecule has 20 heavy (non-hydrogen) atoms. The van der Waals surface area contributed by atoms with E-state index in [2.05, 4.69) is 26.2 Å². The van der Waals surface area contributed by atoms with Gasteiger partial charge in [-0.3, -0.25) is 4.79 Å². The minimum Gasteiger partial charge on any atom is -0.481 e. The number of aromatic nitrogens is 1. The number of nitrogens with zero attached hydrogens (tertiary/aromatic N) is 1. The van der Waals surface area contributed by atoms with Crippen LogP contribution in [0.15, 0.2) is 34.9 Å². The summed E-state index contributed by atoms with van der Waals surface area (Å²) in [5.74, 6) is -0.275. The van der Waals surface area contributed by atoms with E-state index in [1.54, 1.807) is 6.20 Å². The lowest BCUT2D eigenvalue weighted by molar-refractivity contribution is -0.141. The third-order valence-corrected chi connectivity index (χ3v) is 4.60. The average molecular weight is 335 g/mol. The Kier molecular flexibility index (Phi) is 3.61. The number of pyridine rings is 1. The van der Waals surface area contributed by atoms with Crippen molar-refractivity contribution < 1.29 is 9.90 Å². The van der Waals surface area contributed by atoms with Crippen LogP contribution in [0.4, 0.5) is 5.82 Å². The summed E-state index contributed by atoms with van der Waals surface area (Å²) >= 11 is 3.53. The van der Waals surface area contributed by atoms with Crippen molar-refractivity contribution in [2.75, 3.05) is 5.32 Å². The Balaban J connectivity index is 1.95. The second kappa shape index (κ2) is 5.40. The maximum Gasteiger partial charge on any atom is 0.308 e. The van der Waals surface area contributed by atoms with Gasteiger partial charge in [-0.05, 0) is 25.0 Å². The maximum atomic E-state index is 11.3. The number of carbonyl (C=O) groups is 1. The van der Waals surface area contributed by atoms with Crippen LogP contribution in [0, 0.1) is 5.92 Å². The first-order valence-corrected chi connectivity index (χ1v) is 7.48. The quantitative estimate of drug-likeness (QED) is 0.899. The lowest BCUT2D eigenvalue weighted by Crippen LogP contribution is -2.30. The molecule has 0 aliphatic heterocycles. The van der Waals surface area contributed by atoms with Crippen LogP contribution in [0.3, 0.4) is 0 Å². The van der Waals surface area contributed by atoms with Gasteiger partial charge in [0.1, 0.15) is 5.82 Å². The number of nitrogens with one attached hydrogen (secondary N) is 1. The Morgan fingerprint density at radius 1 is 1.30 bits per heavy atom. The van der Waals surface area contributed by atoms with E-state index < -0.39 is 5.97 Å². The molecule has 2 atom stereocenters. The number of anilines is 1. The zero-order chi connectivity index (χ0) is 14.1. The van der Waals surface area contributed by atoms with Crippen molar-refractivity contribution in [1.29, 1.82) is 0 Å². The lowest BCUT2D eigenvalue weighted by atomic mass is 10.0. The minimum atomic E-state index is -0.721. The van der Waals surface area contributed by atoms with E-state index in [9.17, 15) is 9.90 Å². The van der Waals surface area contributed by atoms with E-state index in [1.807, 2.05) is 24.3 Å². The van der Waals surface area contributed by atoms with Gasteiger partial charge in [-0.2, -0.15) is 0 Å². The summed E-state index contributed by atoms with van der Waals surface area (Å²) < 4.78 is 1.02. The van der Waals surface area contributed by atoms with Crippen molar-refractivity contribution in [1.82, 2.24) is 4.98 Å². The molecule has 2 aromatic rings. The Morgan fingerprint density at radius 3 is 2.95 bits per heavy atom. The molecule has 1 aliphatic rings. The van der Waals surface area contributed by atoms with Crippen LogP contribution in [0.5, 0.6) is 0 Å². The van der Waals surface area contributed by atoms with Crippen LogP contribution in [0.2, 0.25) is 0 Å². The van der Waals surface area contributed by atoms with Crippen molar-refractivity contribution in [2.45, 2.75) is 25.3 Å². The molecule has 5 heteroatoms. The van der Waals surface area contributed by atoms with Gasteiger partial charge in [0.05, 0.1) is 5.92 Å². The van der Waals surface area contributed by atoms with E-state index in [0.717, 1.165) is 40.3 Å². The fraction of sp³-hybridized carbons (Fsp3) is 0.333. The normalized spacial score (nSPS) is 22.1. The summed E-state index contributed by atoms with van der Waals surface area (Å²) in [6.07, 6.45) is 4.31. The second-order valence-corrected chi connectivity index (χ2v) is 5.98. The molecule has 0 radical (unpaired) electrons. The molecule has 0 saturated heterocycles. The molecule has 1 saturated carbocycles. The number of aliphatic carboxylic acids is 1. The highest BCUT2D eigenvalue weighted by molar-refractivity contribution is 9.10. The van der Waals surface area contributed by atoms with Gasteiger partial charge in [0.25, 0.3) is 0 Å². The van der Waals surface area contributed by atoms with E-state index in [4.69, 9.17) is 0 Å². The van der Waals surface area contributed by atoms with Gasteiger partial charge in [-0.1, -0.05) is 34.5 Å². The van der Waals surface area contributed by atoms with Crippen molar-refractivity contribution in [3.05, 3.63) is 34.9 Å². The van der Waals surface area contributed by atoms with Crippen LogP contribution in [0.25, 0.3) is 10.8 Å². The number of hydrogen-bond donors (Lipinski definition) is 2. The number of hydrogen-bond acceptors (Lipinski definition) is 3. The topological polar surface area (TPSA) is 62.2 Å². The molecule has 3 rings (SSSR count). The summed E-state index contributed by atoms with van der Waals surface area (Å²) in [4.78, 5) is 15.6. The van der Waals surface area contributed by atoms with Crippen molar-refractivity contribution in [2.24, 2.45) is 5.92 Å². The highest BCUT2D eigenvalue weighted by Crippen LogP contribution is 2.32. The molecule has 1 fully saturated rings. The van der Waals surface area contributed by atoms with Crippen molar-refractivity contribution in [3.8, 4) is 0 Å². The zero-order valence-corrected chi connectivity index (χ0v) is 12.4. The standard InChI is InChI=1S/C15H15BrN2O2/c16-12-5-1-3-10-9(12)7-8-17-14(10)18-13-6-2-4-11(13)15(19)20/h1,3,5,7-8,11,13H,2,4,6H2,(H,17,18)(H,19,20). The number of carboxylic acid groups (broad SMARTS) is 1. The van der Waals surface area contributed by atoms with Crippen LogP contribution in [0.1, 0.15) is 19.3 Å². The van der Waals surface area contributed by atoms with Gasteiger partial charge < -0.3 is 10.4 Å². The minimum absolute atomic E-state index is 0.0374. The smallest absolute Gasteiger partial charge is 0.308 e. The molecule has 0 amide bonds. The van der Waals surface area contributed by atoms with Gasteiger partial charge in [0, 0.05) is 27.5 Å². The molecule has 0 spiro atoms. The van der Waals surface area contributed by atoms with Gasteiger partial charge in [-0.25, -0.2) is 4.98 Å². The first kappa shape index (κ1) is 13.4. The summed E-state index contributed by atoms with van der Waals surface area (Å²) in [5.41, 5.74) is 0. The molecule has 2 N–H and O–H groups in total. The summed E-state index contributed by atoms with van der Waals surface area (Å²) in [7, 11) is 0. The Hall–Kier alpha value is -1.62. The molecular weight excluding hydrogens is 320 g/mol. The summed E-state index contributed by atoms with van der Waals surface area (Å²) in [6, 6.07) is 7.86. The molecular formula is C15H15BrN2O2. The van der Waals surface area contributed by atoms with E-state index >= 15 is 0 Å². The molecule has 2 unspecified atom stereocenters. The Bertz CT molecular complexity index is 659. The molecule has 104 valence electrons. The average Bonchev–Trinajstić information content (AvgIpc) is 2.88. The lowest BCUT2D eigenvalue weighted by Gasteiger charge is -2.19.